The summed E-state index contributed by atoms with van der Waals surface area (Å²) >= 11 is 0. The lowest BCUT2D eigenvalue weighted by molar-refractivity contribution is 0.0834. The molecule has 1 aromatic rings. The second-order valence-electron chi connectivity index (χ2n) is 4.57. The third-order valence-corrected chi connectivity index (χ3v) is 3.38. The Morgan fingerprint density at radius 2 is 2.31 bits per heavy atom. The molecule has 2 rings (SSSR count). The van der Waals surface area contributed by atoms with Gasteiger partial charge in [0.2, 0.25) is 0 Å². The minimum atomic E-state index is 0.676. The second-order valence-corrected chi connectivity index (χ2v) is 4.57. The zero-order valence-corrected chi connectivity index (χ0v) is 10.3. The fourth-order valence-corrected chi connectivity index (χ4v) is 2.43. The van der Waals surface area contributed by atoms with Crippen molar-refractivity contribution in [3.05, 3.63) is 30.1 Å². The molecule has 3 nitrogen and oxygen atoms in total. The van der Waals surface area contributed by atoms with E-state index in [1.165, 1.54) is 31.7 Å². The third-order valence-electron chi connectivity index (χ3n) is 3.38. The van der Waals surface area contributed by atoms with Crippen LogP contribution in [0.2, 0.25) is 0 Å². The fraction of sp³-hybridized carbons (Fsp3) is 0.615. The molecule has 1 saturated heterocycles. The van der Waals surface area contributed by atoms with Gasteiger partial charge < -0.3 is 0 Å². The average Bonchev–Trinajstić information content (AvgIpc) is 2.31. The molecular weight excluding hydrogens is 198 g/mol. The fourth-order valence-electron chi connectivity index (χ4n) is 2.43. The number of piperazine rings is 1. The van der Waals surface area contributed by atoms with Gasteiger partial charge in [-0.25, -0.2) is 0 Å². The topological polar surface area (TPSA) is 19.4 Å². The first-order chi connectivity index (χ1) is 7.79. The maximum absolute atomic E-state index is 4.16. The second kappa shape index (κ2) is 5.41. The van der Waals surface area contributed by atoms with Crippen molar-refractivity contribution in [3.63, 3.8) is 0 Å². The smallest absolute Gasteiger partial charge is 0.0312 e. The molecule has 0 radical (unpaired) electrons. The first-order valence-electron chi connectivity index (χ1n) is 6.15. The van der Waals surface area contributed by atoms with Gasteiger partial charge in [0.1, 0.15) is 0 Å². The molecule has 1 fully saturated rings. The summed E-state index contributed by atoms with van der Waals surface area (Å²) in [6, 6.07) is 4.85. The summed E-state index contributed by atoms with van der Waals surface area (Å²) < 4.78 is 0. The summed E-state index contributed by atoms with van der Waals surface area (Å²) in [5.41, 5.74) is 1.32. The number of hydrogen-bond acceptors (Lipinski definition) is 3. The summed E-state index contributed by atoms with van der Waals surface area (Å²) in [5.74, 6) is 0. The lowest BCUT2D eigenvalue weighted by Crippen LogP contribution is -2.51. The number of rotatable bonds is 3. The molecule has 3 heteroatoms. The molecule has 1 unspecified atom stereocenters. The normalized spacial score (nSPS) is 23.5. The van der Waals surface area contributed by atoms with Crippen molar-refractivity contribution in [1.29, 1.82) is 0 Å². The van der Waals surface area contributed by atoms with Crippen LogP contribution < -0.4 is 0 Å². The van der Waals surface area contributed by atoms with Crippen LogP contribution in [0.3, 0.4) is 0 Å². The molecule has 88 valence electrons. The van der Waals surface area contributed by atoms with E-state index in [-0.39, 0.29) is 0 Å². The summed E-state index contributed by atoms with van der Waals surface area (Å²) in [5, 5.41) is 0. The molecule has 0 saturated carbocycles. The van der Waals surface area contributed by atoms with Crippen LogP contribution in [0.5, 0.6) is 0 Å². The number of nitrogens with zero attached hydrogens (tertiary/aromatic N) is 3. The monoisotopic (exact) mass is 219 g/mol. The number of aromatic nitrogens is 1. The molecule has 0 aromatic carbocycles. The van der Waals surface area contributed by atoms with Gasteiger partial charge in [0, 0.05) is 44.6 Å². The molecule has 0 spiro atoms. The third kappa shape index (κ3) is 2.80. The van der Waals surface area contributed by atoms with Crippen molar-refractivity contribution in [2.24, 2.45) is 0 Å². The number of likely N-dealkylation sites (N-methyl/N-ethyl adjacent to an activating group) is 1. The van der Waals surface area contributed by atoms with Gasteiger partial charge in [-0.2, -0.15) is 0 Å². The molecule has 1 aromatic heterocycles. The average molecular weight is 219 g/mol. The Morgan fingerprint density at radius 1 is 1.44 bits per heavy atom. The summed E-state index contributed by atoms with van der Waals surface area (Å²) in [7, 11) is 0. The Balaban J connectivity index is 1.89. The van der Waals surface area contributed by atoms with E-state index >= 15 is 0 Å². The lowest BCUT2D eigenvalue weighted by Gasteiger charge is -2.39. The van der Waals surface area contributed by atoms with Crippen LogP contribution >= 0.6 is 0 Å². The van der Waals surface area contributed by atoms with Crippen LogP contribution in [0, 0.1) is 0 Å². The summed E-state index contributed by atoms with van der Waals surface area (Å²) in [4.78, 5) is 9.23. The molecule has 0 bridgehead atoms. The van der Waals surface area contributed by atoms with Gasteiger partial charge in [0.15, 0.2) is 0 Å². The zero-order valence-electron chi connectivity index (χ0n) is 10.3. The highest BCUT2D eigenvalue weighted by Gasteiger charge is 2.21. The minimum absolute atomic E-state index is 0.676. The first kappa shape index (κ1) is 11.6. The molecule has 1 aliphatic rings. The van der Waals surface area contributed by atoms with Crippen molar-refractivity contribution in [3.8, 4) is 0 Å². The van der Waals surface area contributed by atoms with E-state index in [4.69, 9.17) is 0 Å². The van der Waals surface area contributed by atoms with Crippen LogP contribution in [0.25, 0.3) is 0 Å². The van der Waals surface area contributed by atoms with Gasteiger partial charge >= 0.3 is 0 Å². The molecule has 0 N–H and O–H groups in total. The molecule has 0 aliphatic carbocycles. The molecule has 1 atom stereocenters. The van der Waals surface area contributed by atoms with Crippen LogP contribution in [-0.4, -0.2) is 47.0 Å². The van der Waals surface area contributed by atoms with E-state index in [1.54, 1.807) is 0 Å². The van der Waals surface area contributed by atoms with Crippen LogP contribution in [-0.2, 0) is 6.54 Å². The van der Waals surface area contributed by atoms with Crippen molar-refractivity contribution >= 4 is 0 Å². The molecule has 1 aliphatic heterocycles. The van der Waals surface area contributed by atoms with Crippen molar-refractivity contribution in [2.45, 2.75) is 26.4 Å². The van der Waals surface area contributed by atoms with Crippen molar-refractivity contribution < 1.29 is 0 Å². The highest BCUT2D eigenvalue weighted by molar-refractivity contribution is 5.08. The van der Waals surface area contributed by atoms with Crippen LogP contribution in [0.15, 0.2) is 24.5 Å². The van der Waals surface area contributed by atoms with Crippen LogP contribution in [0.1, 0.15) is 19.4 Å². The lowest BCUT2D eigenvalue weighted by atomic mass is 10.1. The van der Waals surface area contributed by atoms with Gasteiger partial charge in [0.05, 0.1) is 0 Å². The number of pyridine rings is 1. The van der Waals surface area contributed by atoms with E-state index in [9.17, 15) is 0 Å². The highest BCUT2D eigenvalue weighted by Crippen LogP contribution is 2.11. The Kier molecular flexibility index (Phi) is 3.91. The Hall–Kier alpha value is -0.930. The van der Waals surface area contributed by atoms with Crippen molar-refractivity contribution in [1.82, 2.24) is 14.8 Å². The van der Waals surface area contributed by atoms with E-state index in [1.807, 2.05) is 18.5 Å². The van der Waals surface area contributed by atoms with Gasteiger partial charge in [-0.05, 0) is 25.1 Å². The summed E-state index contributed by atoms with van der Waals surface area (Å²) in [6.07, 6.45) is 3.80. The highest BCUT2D eigenvalue weighted by atomic mass is 15.3. The largest absolute Gasteiger partial charge is 0.298 e. The zero-order chi connectivity index (χ0) is 11.4. The molecule has 16 heavy (non-hydrogen) atoms. The van der Waals surface area contributed by atoms with E-state index < -0.39 is 0 Å². The Morgan fingerprint density at radius 3 is 2.94 bits per heavy atom. The van der Waals surface area contributed by atoms with E-state index in [2.05, 4.69) is 34.7 Å². The Labute approximate surface area is 98.1 Å². The SMILES string of the molecule is CCN1CCN(Cc2cccnc2)CC1C. The quantitative estimate of drug-likeness (QED) is 0.770. The van der Waals surface area contributed by atoms with E-state index in [0.29, 0.717) is 6.04 Å². The Bertz CT molecular complexity index is 312. The number of hydrogen-bond donors (Lipinski definition) is 0. The molecule has 2 heterocycles. The predicted molar refractivity (Wildman–Crippen MR) is 66.2 cm³/mol. The van der Waals surface area contributed by atoms with Gasteiger partial charge in [-0.15, -0.1) is 0 Å². The van der Waals surface area contributed by atoms with Gasteiger partial charge in [-0.3, -0.25) is 14.8 Å². The van der Waals surface area contributed by atoms with Gasteiger partial charge in [-0.1, -0.05) is 13.0 Å². The van der Waals surface area contributed by atoms with E-state index in [0.717, 1.165) is 6.54 Å². The molecule has 0 amide bonds. The van der Waals surface area contributed by atoms with Gasteiger partial charge in [0.25, 0.3) is 0 Å². The standard InChI is InChI=1S/C13H21N3/c1-3-16-8-7-15(10-12(16)2)11-13-5-4-6-14-9-13/h4-6,9,12H,3,7-8,10-11H2,1-2H3. The summed E-state index contributed by atoms with van der Waals surface area (Å²) in [6.45, 7) is 10.3. The minimum Gasteiger partial charge on any atom is -0.298 e. The first-order valence-corrected chi connectivity index (χ1v) is 6.15. The predicted octanol–water partition coefficient (Wildman–Crippen LogP) is 1.61. The maximum atomic E-state index is 4.16. The van der Waals surface area contributed by atoms with Crippen LogP contribution in [0.4, 0.5) is 0 Å². The maximum Gasteiger partial charge on any atom is 0.0312 e. The molecular formula is C13H21N3. The van der Waals surface area contributed by atoms with Crippen molar-refractivity contribution in [2.75, 3.05) is 26.2 Å².